The molecule has 0 atom stereocenters. The van der Waals surface area contributed by atoms with E-state index in [9.17, 15) is 30.4 Å². The molecule has 0 saturated heterocycles. The normalized spacial score (nSPS) is 11.9. The van der Waals surface area contributed by atoms with Gasteiger partial charge in [-0.25, -0.2) is 0 Å². The summed E-state index contributed by atoms with van der Waals surface area (Å²) in [6.07, 6.45) is 2.81. The third-order valence-electron chi connectivity index (χ3n) is 6.30. The Labute approximate surface area is 226 Å². The van der Waals surface area contributed by atoms with Crippen molar-refractivity contribution in [3.63, 3.8) is 0 Å². The topological polar surface area (TPSA) is 151 Å². The Bertz CT molecular complexity index is 1370. The van der Waals surface area contributed by atoms with Crippen LogP contribution in [-0.2, 0) is 0 Å². The predicted molar refractivity (Wildman–Crippen MR) is 153 cm³/mol. The molecule has 10 nitrogen and oxygen atoms in total. The fourth-order valence-corrected chi connectivity index (χ4v) is 4.23. The maximum atomic E-state index is 11.3. The molecule has 10 heteroatoms. The molecule has 0 spiro atoms. The highest BCUT2D eigenvalue weighted by molar-refractivity contribution is 5.90. The average molecular weight is 533 g/mol. The zero-order valence-electron chi connectivity index (χ0n) is 22.7. The van der Waals surface area contributed by atoms with Crippen LogP contribution < -0.4 is 0 Å². The van der Waals surface area contributed by atoms with Crippen molar-refractivity contribution in [3.8, 4) is 11.5 Å². The van der Waals surface area contributed by atoms with Gasteiger partial charge in [0.15, 0.2) is 0 Å². The summed E-state index contributed by atoms with van der Waals surface area (Å²) in [5.74, 6) is -0.188. The number of hydrogen-bond acceptors (Lipinski definition) is 8. The molecule has 0 amide bonds. The molecular weight excluding hydrogens is 500 g/mol. The van der Waals surface area contributed by atoms with Crippen LogP contribution in [0.4, 0.5) is 22.7 Å². The lowest BCUT2D eigenvalue weighted by molar-refractivity contribution is -0.385. The van der Waals surface area contributed by atoms with Crippen molar-refractivity contribution in [2.75, 3.05) is 0 Å². The number of nitrogens with zero attached hydrogens (tertiary/aromatic N) is 4. The lowest BCUT2D eigenvalue weighted by Crippen LogP contribution is -2.03. The Morgan fingerprint density at radius 2 is 1.05 bits per heavy atom. The highest BCUT2D eigenvalue weighted by Crippen LogP contribution is 2.45. The van der Waals surface area contributed by atoms with Gasteiger partial charge < -0.3 is 10.2 Å². The second kappa shape index (κ2) is 11.8. The van der Waals surface area contributed by atoms with Crippen LogP contribution in [0.3, 0.4) is 0 Å². The molecule has 0 aromatic heterocycles. The summed E-state index contributed by atoms with van der Waals surface area (Å²) in [6.45, 7) is 12.2. The fraction of sp³-hybridized carbons (Fsp3) is 0.310. The van der Waals surface area contributed by atoms with E-state index in [0.29, 0.717) is 11.4 Å². The summed E-state index contributed by atoms with van der Waals surface area (Å²) in [6, 6.07) is 9.51. The van der Waals surface area contributed by atoms with Crippen molar-refractivity contribution in [1.29, 1.82) is 0 Å². The molecule has 0 aliphatic rings. The summed E-state index contributed by atoms with van der Waals surface area (Å²) in [5.41, 5.74) is 4.03. The van der Waals surface area contributed by atoms with Crippen LogP contribution in [0.25, 0.3) is 0 Å². The molecule has 3 aromatic carbocycles. The Balaban J connectivity index is 2.30. The molecular formula is C29H32N4O6. The number of aliphatic imine (C=N–C) groups is 2. The molecule has 0 radical (unpaired) electrons. The second-order valence-electron chi connectivity index (χ2n) is 10.1. The number of aromatic hydroxyl groups is 2. The first kappa shape index (κ1) is 29.0. The van der Waals surface area contributed by atoms with Crippen molar-refractivity contribution in [2.45, 2.75) is 59.3 Å². The first-order valence-corrected chi connectivity index (χ1v) is 12.5. The quantitative estimate of drug-likeness (QED) is 0.163. The number of non-ortho nitro benzene ring substituents is 2. The van der Waals surface area contributed by atoms with Crippen molar-refractivity contribution >= 4 is 35.2 Å². The standard InChI is InChI=1S/C29H32N4O6/c1-16(2)23-13-24(17(3)4)29(31-15-20-12-22(33(38)39)8-10-26(20)35)27(18(5)6)28(23)30-14-19-11-21(32(36)37)7-9-25(19)34/h7-18,34-35H,1-6H3. The molecule has 0 fully saturated rings. The van der Waals surface area contributed by atoms with Gasteiger partial charge in [-0.05, 0) is 41.0 Å². The van der Waals surface area contributed by atoms with Gasteiger partial charge in [-0.1, -0.05) is 47.6 Å². The molecule has 0 aliphatic carbocycles. The predicted octanol–water partition coefficient (Wildman–Crippen LogP) is 7.79. The van der Waals surface area contributed by atoms with E-state index in [1.54, 1.807) is 0 Å². The molecule has 0 aliphatic heterocycles. The van der Waals surface area contributed by atoms with Crippen LogP contribution in [0.5, 0.6) is 11.5 Å². The average Bonchev–Trinajstić information content (AvgIpc) is 2.86. The lowest BCUT2D eigenvalue weighted by atomic mass is 9.85. The number of phenolic OH excluding ortho intramolecular Hbond substituents is 2. The molecule has 3 rings (SSSR count). The van der Waals surface area contributed by atoms with Crippen LogP contribution in [0.15, 0.2) is 52.4 Å². The number of phenols is 2. The summed E-state index contributed by atoms with van der Waals surface area (Å²) in [5, 5.41) is 43.1. The van der Waals surface area contributed by atoms with E-state index in [1.807, 2.05) is 47.6 Å². The number of nitro groups is 2. The zero-order valence-corrected chi connectivity index (χ0v) is 22.7. The molecule has 204 valence electrons. The van der Waals surface area contributed by atoms with Gasteiger partial charge >= 0.3 is 0 Å². The number of hydrogen-bond donors (Lipinski definition) is 2. The van der Waals surface area contributed by atoms with E-state index >= 15 is 0 Å². The van der Waals surface area contributed by atoms with Gasteiger partial charge in [0.25, 0.3) is 11.4 Å². The summed E-state index contributed by atoms with van der Waals surface area (Å²) >= 11 is 0. The highest BCUT2D eigenvalue weighted by Gasteiger charge is 2.23. The monoisotopic (exact) mass is 532 g/mol. The van der Waals surface area contributed by atoms with E-state index in [0.717, 1.165) is 16.7 Å². The molecule has 2 N–H and O–H groups in total. The minimum Gasteiger partial charge on any atom is -0.507 e. The Kier molecular flexibility index (Phi) is 8.80. The number of rotatable bonds is 9. The fourth-order valence-electron chi connectivity index (χ4n) is 4.23. The molecule has 0 saturated carbocycles. The highest BCUT2D eigenvalue weighted by atomic mass is 16.6. The second-order valence-corrected chi connectivity index (χ2v) is 10.1. The Hall–Kier alpha value is -4.60. The minimum atomic E-state index is -0.538. The van der Waals surface area contributed by atoms with E-state index in [2.05, 4.69) is 0 Å². The van der Waals surface area contributed by atoms with Gasteiger partial charge in [-0.2, -0.15) is 0 Å². The Morgan fingerprint density at radius 3 is 1.36 bits per heavy atom. The zero-order chi connectivity index (χ0) is 29.0. The molecule has 3 aromatic rings. The van der Waals surface area contributed by atoms with Crippen molar-refractivity contribution in [2.24, 2.45) is 9.98 Å². The smallest absolute Gasteiger partial charge is 0.270 e. The first-order chi connectivity index (χ1) is 18.3. The van der Waals surface area contributed by atoms with E-state index in [4.69, 9.17) is 9.98 Å². The molecule has 39 heavy (non-hydrogen) atoms. The number of benzene rings is 3. The SMILES string of the molecule is CC(C)c1cc(C(C)C)c(N=Cc2cc([N+](=O)[O-])ccc2O)c(C(C)C)c1N=Cc1cc([N+](=O)[O-])ccc1O. The van der Waals surface area contributed by atoms with Crippen molar-refractivity contribution in [1.82, 2.24) is 0 Å². The summed E-state index contributed by atoms with van der Waals surface area (Å²) in [4.78, 5) is 30.9. The maximum Gasteiger partial charge on any atom is 0.270 e. The molecule has 0 heterocycles. The van der Waals surface area contributed by atoms with Gasteiger partial charge in [-0.3, -0.25) is 30.2 Å². The third-order valence-corrected chi connectivity index (χ3v) is 6.30. The molecule has 0 unspecified atom stereocenters. The third kappa shape index (κ3) is 6.46. The van der Waals surface area contributed by atoms with E-state index < -0.39 is 9.85 Å². The van der Waals surface area contributed by atoms with Crippen LogP contribution in [0.2, 0.25) is 0 Å². The van der Waals surface area contributed by atoms with Crippen LogP contribution in [0, 0.1) is 20.2 Å². The lowest BCUT2D eigenvalue weighted by Gasteiger charge is -2.23. The summed E-state index contributed by atoms with van der Waals surface area (Å²) < 4.78 is 0. The van der Waals surface area contributed by atoms with Gasteiger partial charge in [-0.15, -0.1) is 0 Å². The van der Waals surface area contributed by atoms with Gasteiger partial charge in [0.05, 0.1) is 21.2 Å². The number of nitro benzene ring substituents is 2. The van der Waals surface area contributed by atoms with E-state index in [1.165, 1.54) is 48.8 Å². The van der Waals surface area contributed by atoms with E-state index in [-0.39, 0.29) is 51.8 Å². The van der Waals surface area contributed by atoms with Gasteiger partial charge in [0.1, 0.15) is 11.5 Å². The largest absolute Gasteiger partial charge is 0.507 e. The summed E-state index contributed by atoms with van der Waals surface area (Å²) in [7, 11) is 0. The first-order valence-electron chi connectivity index (χ1n) is 12.5. The maximum absolute atomic E-state index is 11.3. The minimum absolute atomic E-state index is 0.0575. The van der Waals surface area contributed by atoms with Crippen molar-refractivity contribution in [3.05, 3.63) is 90.5 Å². The Morgan fingerprint density at radius 1 is 0.667 bits per heavy atom. The van der Waals surface area contributed by atoms with Gasteiger partial charge in [0.2, 0.25) is 0 Å². The van der Waals surface area contributed by atoms with Gasteiger partial charge in [0, 0.05) is 53.4 Å². The van der Waals surface area contributed by atoms with Crippen LogP contribution >= 0.6 is 0 Å². The molecule has 0 bridgehead atoms. The van der Waals surface area contributed by atoms with Crippen LogP contribution in [0.1, 0.15) is 87.1 Å². The van der Waals surface area contributed by atoms with Crippen LogP contribution in [-0.4, -0.2) is 32.5 Å². The van der Waals surface area contributed by atoms with Crippen molar-refractivity contribution < 1.29 is 20.1 Å².